The summed E-state index contributed by atoms with van der Waals surface area (Å²) in [6.45, 7) is 0. The largest absolute Gasteiger partial charge is 0.493 e. The number of rotatable bonds is 5. The Kier molecular flexibility index (Phi) is 4.64. The molecule has 1 atom stereocenters. The SMILES string of the molecule is COc1ccc(C(O)CC#N)cc1OC1CCCC1. The molecule has 1 aliphatic carbocycles. The van der Waals surface area contributed by atoms with E-state index in [2.05, 4.69) is 0 Å². The highest BCUT2D eigenvalue weighted by Crippen LogP contribution is 2.34. The average molecular weight is 261 g/mol. The molecular formula is C15H19NO3. The summed E-state index contributed by atoms with van der Waals surface area (Å²) >= 11 is 0. The molecular weight excluding hydrogens is 242 g/mol. The van der Waals surface area contributed by atoms with Crippen molar-refractivity contribution in [3.8, 4) is 17.6 Å². The summed E-state index contributed by atoms with van der Waals surface area (Å²) in [5.41, 5.74) is 0.690. The first-order valence-corrected chi connectivity index (χ1v) is 6.64. The Bertz CT molecular complexity index is 461. The van der Waals surface area contributed by atoms with Crippen LogP contribution in [0.4, 0.5) is 0 Å². The summed E-state index contributed by atoms with van der Waals surface area (Å²) in [7, 11) is 1.60. The number of methoxy groups -OCH3 is 1. The Balaban J connectivity index is 2.18. The lowest BCUT2D eigenvalue weighted by molar-refractivity contribution is 0.179. The van der Waals surface area contributed by atoms with Crippen molar-refractivity contribution in [3.63, 3.8) is 0 Å². The van der Waals surface area contributed by atoms with Crippen LogP contribution in [0.1, 0.15) is 43.8 Å². The third-order valence-corrected chi connectivity index (χ3v) is 3.45. The minimum Gasteiger partial charge on any atom is -0.493 e. The van der Waals surface area contributed by atoms with Gasteiger partial charge in [0.2, 0.25) is 0 Å². The average Bonchev–Trinajstić information content (AvgIpc) is 2.92. The van der Waals surface area contributed by atoms with Crippen LogP contribution < -0.4 is 9.47 Å². The molecule has 0 amide bonds. The quantitative estimate of drug-likeness (QED) is 0.885. The third kappa shape index (κ3) is 3.39. The highest BCUT2D eigenvalue weighted by Gasteiger charge is 2.19. The topological polar surface area (TPSA) is 62.5 Å². The second-order valence-electron chi connectivity index (χ2n) is 4.81. The van der Waals surface area contributed by atoms with Crippen LogP contribution in [0, 0.1) is 11.3 Å². The van der Waals surface area contributed by atoms with E-state index in [1.807, 2.05) is 6.07 Å². The molecule has 1 saturated carbocycles. The number of hydrogen-bond donors (Lipinski definition) is 1. The fourth-order valence-electron chi connectivity index (χ4n) is 2.38. The molecule has 1 aromatic rings. The molecule has 1 aromatic carbocycles. The Morgan fingerprint density at radius 3 is 2.74 bits per heavy atom. The van der Waals surface area contributed by atoms with Gasteiger partial charge in [0, 0.05) is 0 Å². The first kappa shape index (κ1) is 13.7. The summed E-state index contributed by atoms with van der Waals surface area (Å²) in [5, 5.41) is 18.5. The Hall–Kier alpha value is -1.73. The van der Waals surface area contributed by atoms with Crippen LogP contribution in [0.2, 0.25) is 0 Å². The van der Waals surface area contributed by atoms with E-state index in [1.165, 1.54) is 12.8 Å². The Morgan fingerprint density at radius 1 is 1.37 bits per heavy atom. The van der Waals surface area contributed by atoms with Gasteiger partial charge >= 0.3 is 0 Å². The van der Waals surface area contributed by atoms with Crippen molar-refractivity contribution in [2.24, 2.45) is 0 Å². The van der Waals surface area contributed by atoms with E-state index < -0.39 is 6.10 Å². The Morgan fingerprint density at radius 2 is 2.11 bits per heavy atom. The summed E-state index contributed by atoms with van der Waals surface area (Å²) in [6.07, 6.45) is 4.06. The van der Waals surface area contributed by atoms with Crippen LogP contribution in [-0.4, -0.2) is 18.3 Å². The van der Waals surface area contributed by atoms with Gasteiger partial charge in [0.05, 0.1) is 31.8 Å². The zero-order valence-electron chi connectivity index (χ0n) is 11.1. The monoisotopic (exact) mass is 261 g/mol. The molecule has 0 bridgehead atoms. The van der Waals surface area contributed by atoms with Gasteiger partial charge < -0.3 is 14.6 Å². The fraction of sp³-hybridized carbons (Fsp3) is 0.533. The second kappa shape index (κ2) is 6.44. The summed E-state index contributed by atoms with van der Waals surface area (Å²) in [6, 6.07) is 7.29. The zero-order chi connectivity index (χ0) is 13.7. The molecule has 1 fully saturated rings. The van der Waals surface area contributed by atoms with Crippen LogP contribution in [0.5, 0.6) is 11.5 Å². The highest BCUT2D eigenvalue weighted by molar-refractivity contribution is 5.43. The highest BCUT2D eigenvalue weighted by atomic mass is 16.5. The van der Waals surface area contributed by atoms with Crippen molar-refractivity contribution >= 4 is 0 Å². The van der Waals surface area contributed by atoms with Gasteiger partial charge in [-0.25, -0.2) is 0 Å². The van der Waals surface area contributed by atoms with Crippen molar-refractivity contribution in [1.29, 1.82) is 5.26 Å². The third-order valence-electron chi connectivity index (χ3n) is 3.45. The van der Waals surface area contributed by atoms with Gasteiger partial charge in [-0.3, -0.25) is 0 Å². The lowest BCUT2D eigenvalue weighted by Gasteiger charge is -2.17. The lowest BCUT2D eigenvalue weighted by atomic mass is 10.1. The van der Waals surface area contributed by atoms with E-state index in [-0.39, 0.29) is 12.5 Å². The molecule has 0 spiro atoms. The van der Waals surface area contributed by atoms with Crippen molar-refractivity contribution in [2.75, 3.05) is 7.11 Å². The van der Waals surface area contributed by atoms with Gasteiger partial charge in [-0.05, 0) is 43.4 Å². The predicted octanol–water partition coefficient (Wildman–Crippen LogP) is 2.96. The molecule has 0 saturated heterocycles. The molecule has 0 heterocycles. The lowest BCUT2D eigenvalue weighted by Crippen LogP contribution is -2.12. The normalized spacial score (nSPS) is 16.9. The Labute approximate surface area is 113 Å². The van der Waals surface area contributed by atoms with Gasteiger partial charge in [0.15, 0.2) is 11.5 Å². The molecule has 1 N–H and O–H groups in total. The number of nitriles is 1. The first-order valence-electron chi connectivity index (χ1n) is 6.64. The minimum absolute atomic E-state index is 0.0786. The van der Waals surface area contributed by atoms with Gasteiger partial charge in [-0.15, -0.1) is 0 Å². The summed E-state index contributed by atoms with van der Waals surface area (Å²) in [5.74, 6) is 1.32. The number of benzene rings is 1. The molecule has 4 heteroatoms. The molecule has 0 aliphatic heterocycles. The predicted molar refractivity (Wildman–Crippen MR) is 71.1 cm³/mol. The molecule has 0 aromatic heterocycles. The van der Waals surface area contributed by atoms with E-state index in [4.69, 9.17) is 14.7 Å². The first-order chi connectivity index (χ1) is 9.24. The maximum atomic E-state index is 9.85. The van der Waals surface area contributed by atoms with Gasteiger partial charge in [0.25, 0.3) is 0 Å². The summed E-state index contributed by atoms with van der Waals surface area (Å²) < 4.78 is 11.2. The molecule has 102 valence electrons. The van der Waals surface area contributed by atoms with Crippen molar-refractivity contribution in [1.82, 2.24) is 0 Å². The van der Waals surface area contributed by atoms with E-state index in [1.54, 1.807) is 25.3 Å². The fourth-order valence-corrected chi connectivity index (χ4v) is 2.38. The second-order valence-corrected chi connectivity index (χ2v) is 4.81. The van der Waals surface area contributed by atoms with E-state index in [0.29, 0.717) is 17.1 Å². The molecule has 4 nitrogen and oxygen atoms in total. The van der Waals surface area contributed by atoms with Crippen molar-refractivity contribution in [2.45, 2.75) is 44.3 Å². The standard InChI is InChI=1S/C15H19NO3/c1-18-14-7-6-11(13(17)8-9-16)10-15(14)19-12-4-2-3-5-12/h6-7,10,12-13,17H,2-5,8H2,1H3. The maximum absolute atomic E-state index is 9.85. The zero-order valence-corrected chi connectivity index (χ0v) is 11.1. The molecule has 2 rings (SSSR count). The number of aliphatic hydroxyl groups excluding tert-OH is 1. The summed E-state index contributed by atoms with van der Waals surface area (Å²) in [4.78, 5) is 0. The van der Waals surface area contributed by atoms with Crippen LogP contribution in [0.15, 0.2) is 18.2 Å². The number of aliphatic hydroxyl groups is 1. The van der Waals surface area contributed by atoms with Gasteiger partial charge in [-0.2, -0.15) is 5.26 Å². The molecule has 0 radical (unpaired) electrons. The molecule has 19 heavy (non-hydrogen) atoms. The van der Waals surface area contributed by atoms with E-state index >= 15 is 0 Å². The van der Waals surface area contributed by atoms with Crippen LogP contribution in [0.3, 0.4) is 0 Å². The van der Waals surface area contributed by atoms with Gasteiger partial charge in [0.1, 0.15) is 0 Å². The number of nitrogens with zero attached hydrogens (tertiary/aromatic N) is 1. The maximum Gasteiger partial charge on any atom is 0.161 e. The number of hydrogen-bond acceptors (Lipinski definition) is 4. The van der Waals surface area contributed by atoms with E-state index in [0.717, 1.165) is 12.8 Å². The van der Waals surface area contributed by atoms with Crippen LogP contribution in [0.25, 0.3) is 0 Å². The van der Waals surface area contributed by atoms with Crippen LogP contribution in [-0.2, 0) is 0 Å². The van der Waals surface area contributed by atoms with Gasteiger partial charge in [-0.1, -0.05) is 6.07 Å². The number of ether oxygens (including phenoxy) is 2. The minimum atomic E-state index is -0.776. The molecule has 1 unspecified atom stereocenters. The van der Waals surface area contributed by atoms with Crippen LogP contribution >= 0.6 is 0 Å². The van der Waals surface area contributed by atoms with Crippen molar-refractivity contribution < 1.29 is 14.6 Å². The van der Waals surface area contributed by atoms with E-state index in [9.17, 15) is 5.11 Å². The smallest absolute Gasteiger partial charge is 0.161 e. The van der Waals surface area contributed by atoms with Crippen molar-refractivity contribution in [3.05, 3.63) is 23.8 Å². The molecule has 1 aliphatic rings.